The molecule has 0 aliphatic rings. The van der Waals surface area contributed by atoms with Crippen molar-refractivity contribution in [3.63, 3.8) is 0 Å². The van der Waals surface area contributed by atoms with Crippen LogP contribution in [0.1, 0.15) is 11.1 Å². The maximum atomic E-state index is 2.35. The van der Waals surface area contributed by atoms with E-state index in [0.717, 1.165) is 0 Å². The van der Waals surface area contributed by atoms with E-state index in [1.165, 1.54) is 76.5 Å². The quantitative estimate of drug-likeness (QED) is 0.178. The first-order chi connectivity index (χ1) is 17.7. The SMILES string of the molecule is Cc1ccc(-c2c3ccccc3c(-c3ccc(C)cc3)c3c2ccc2c4ccccc4ccc23)cc1. The van der Waals surface area contributed by atoms with Gasteiger partial charge in [0, 0.05) is 0 Å². The van der Waals surface area contributed by atoms with Crippen LogP contribution in [0.25, 0.3) is 65.3 Å². The molecule has 0 atom stereocenters. The summed E-state index contributed by atoms with van der Waals surface area (Å²) in [5.41, 5.74) is 7.71. The number of hydrogen-bond donors (Lipinski definition) is 0. The molecule has 7 aromatic rings. The fourth-order valence-electron chi connectivity index (χ4n) is 5.82. The topological polar surface area (TPSA) is 0 Å². The zero-order valence-corrected chi connectivity index (χ0v) is 20.5. The lowest BCUT2D eigenvalue weighted by Crippen LogP contribution is -1.92. The molecule has 0 saturated carbocycles. The molecule has 170 valence electrons. The van der Waals surface area contributed by atoms with Gasteiger partial charge in [0.1, 0.15) is 0 Å². The maximum absolute atomic E-state index is 2.35. The van der Waals surface area contributed by atoms with E-state index in [1.807, 2.05) is 0 Å². The van der Waals surface area contributed by atoms with E-state index in [-0.39, 0.29) is 0 Å². The second-order valence-corrected chi connectivity index (χ2v) is 9.90. The van der Waals surface area contributed by atoms with Crippen LogP contribution < -0.4 is 0 Å². The van der Waals surface area contributed by atoms with Crippen LogP contribution in [-0.4, -0.2) is 0 Å². The molecule has 7 rings (SSSR count). The predicted octanol–water partition coefficient (Wildman–Crippen LogP) is 10.3. The fourth-order valence-corrected chi connectivity index (χ4v) is 5.82. The van der Waals surface area contributed by atoms with E-state index >= 15 is 0 Å². The molecular weight excluding hydrogens is 432 g/mol. The van der Waals surface area contributed by atoms with Crippen molar-refractivity contribution >= 4 is 43.1 Å². The minimum atomic E-state index is 1.26. The van der Waals surface area contributed by atoms with Gasteiger partial charge in [0.05, 0.1) is 0 Å². The Morgan fingerprint density at radius 3 is 1.50 bits per heavy atom. The molecule has 0 amide bonds. The van der Waals surface area contributed by atoms with Gasteiger partial charge in [0.2, 0.25) is 0 Å². The highest BCUT2D eigenvalue weighted by Gasteiger charge is 2.19. The largest absolute Gasteiger partial charge is 0.0616 e. The van der Waals surface area contributed by atoms with Gasteiger partial charge < -0.3 is 0 Å². The standard InChI is InChI=1S/C36H26/c1-23-11-15-26(16-12-23)34-30-9-5-6-10-31(30)35(27-17-13-24(2)14-18-27)36-32-20-19-25-7-3-4-8-28(25)29(32)21-22-33(34)36/h3-22H,1-2H3. The van der Waals surface area contributed by atoms with Crippen molar-refractivity contribution in [1.82, 2.24) is 0 Å². The minimum Gasteiger partial charge on any atom is -0.0616 e. The Morgan fingerprint density at radius 2 is 0.833 bits per heavy atom. The Balaban J connectivity index is 1.75. The van der Waals surface area contributed by atoms with Gasteiger partial charge in [-0.3, -0.25) is 0 Å². The van der Waals surface area contributed by atoms with Crippen LogP contribution in [0.2, 0.25) is 0 Å². The highest BCUT2D eigenvalue weighted by atomic mass is 14.2. The minimum absolute atomic E-state index is 1.26. The molecule has 0 aliphatic heterocycles. The molecule has 0 saturated heterocycles. The van der Waals surface area contributed by atoms with E-state index in [4.69, 9.17) is 0 Å². The van der Waals surface area contributed by atoms with Crippen LogP contribution in [-0.2, 0) is 0 Å². The molecular formula is C36H26. The Bertz CT molecular complexity index is 1920. The van der Waals surface area contributed by atoms with Gasteiger partial charge in [-0.1, -0.05) is 132 Å². The van der Waals surface area contributed by atoms with E-state index in [0.29, 0.717) is 0 Å². The summed E-state index contributed by atoms with van der Waals surface area (Å²) < 4.78 is 0. The number of fused-ring (bicyclic) bond motifs is 6. The van der Waals surface area contributed by atoms with Gasteiger partial charge in [0.25, 0.3) is 0 Å². The maximum Gasteiger partial charge on any atom is -0.00139 e. The highest BCUT2D eigenvalue weighted by Crippen LogP contribution is 2.46. The van der Waals surface area contributed by atoms with Crippen LogP contribution >= 0.6 is 0 Å². The average molecular weight is 459 g/mol. The van der Waals surface area contributed by atoms with Crippen LogP contribution in [0.5, 0.6) is 0 Å². The Morgan fingerprint density at radius 1 is 0.333 bits per heavy atom. The number of hydrogen-bond acceptors (Lipinski definition) is 0. The number of rotatable bonds is 2. The lowest BCUT2D eigenvalue weighted by molar-refractivity contribution is 1.47. The summed E-state index contributed by atoms with van der Waals surface area (Å²) in [4.78, 5) is 0. The Kier molecular flexibility index (Phi) is 4.69. The first-order valence-corrected chi connectivity index (χ1v) is 12.6. The van der Waals surface area contributed by atoms with Crippen LogP contribution in [0.15, 0.2) is 121 Å². The monoisotopic (exact) mass is 458 g/mol. The predicted molar refractivity (Wildman–Crippen MR) is 157 cm³/mol. The highest BCUT2D eigenvalue weighted by molar-refractivity contribution is 6.30. The molecule has 0 N–H and O–H groups in total. The van der Waals surface area contributed by atoms with Crippen LogP contribution in [0.4, 0.5) is 0 Å². The first-order valence-electron chi connectivity index (χ1n) is 12.6. The normalized spacial score (nSPS) is 11.6. The van der Waals surface area contributed by atoms with E-state index in [2.05, 4.69) is 135 Å². The Hall–Kier alpha value is -4.42. The first kappa shape index (κ1) is 20.9. The lowest BCUT2D eigenvalue weighted by atomic mass is 9.83. The summed E-state index contributed by atoms with van der Waals surface area (Å²) >= 11 is 0. The average Bonchev–Trinajstić information content (AvgIpc) is 2.92. The third-order valence-corrected chi connectivity index (χ3v) is 7.59. The van der Waals surface area contributed by atoms with Crippen molar-refractivity contribution in [2.45, 2.75) is 13.8 Å². The van der Waals surface area contributed by atoms with Crippen molar-refractivity contribution < 1.29 is 0 Å². The molecule has 0 spiro atoms. The molecule has 0 radical (unpaired) electrons. The van der Waals surface area contributed by atoms with Gasteiger partial charge in [-0.05, 0) is 79.2 Å². The molecule has 0 heteroatoms. The van der Waals surface area contributed by atoms with Crippen molar-refractivity contribution in [2.24, 2.45) is 0 Å². The van der Waals surface area contributed by atoms with Crippen molar-refractivity contribution in [2.75, 3.05) is 0 Å². The number of aryl methyl sites for hydroxylation is 2. The molecule has 0 heterocycles. The van der Waals surface area contributed by atoms with Gasteiger partial charge in [0.15, 0.2) is 0 Å². The van der Waals surface area contributed by atoms with Crippen molar-refractivity contribution in [3.05, 3.63) is 132 Å². The molecule has 0 aromatic heterocycles. The lowest BCUT2D eigenvalue weighted by Gasteiger charge is -2.20. The van der Waals surface area contributed by atoms with Crippen LogP contribution in [0.3, 0.4) is 0 Å². The smallest absolute Gasteiger partial charge is 0.00139 e. The second kappa shape index (κ2) is 8.07. The fraction of sp³-hybridized carbons (Fsp3) is 0.0556. The third-order valence-electron chi connectivity index (χ3n) is 7.59. The summed E-state index contributed by atoms with van der Waals surface area (Å²) in [5.74, 6) is 0. The zero-order valence-electron chi connectivity index (χ0n) is 20.5. The number of benzene rings is 7. The van der Waals surface area contributed by atoms with Crippen LogP contribution in [0, 0.1) is 13.8 Å². The second-order valence-electron chi connectivity index (χ2n) is 9.90. The third kappa shape index (κ3) is 3.15. The van der Waals surface area contributed by atoms with Gasteiger partial charge in [-0.15, -0.1) is 0 Å². The van der Waals surface area contributed by atoms with Gasteiger partial charge >= 0.3 is 0 Å². The van der Waals surface area contributed by atoms with E-state index in [9.17, 15) is 0 Å². The summed E-state index contributed by atoms with van der Waals surface area (Å²) in [7, 11) is 0. The Labute approximate surface area is 211 Å². The van der Waals surface area contributed by atoms with Gasteiger partial charge in [-0.25, -0.2) is 0 Å². The zero-order chi connectivity index (χ0) is 24.2. The summed E-state index contributed by atoms with van der Waals surface area (Å²) in [6, 6.07) is 44.9. The summed E-state index contributed by atoms with van der Waals surface area (Å²) in [6.07, 6.45) is 0. The van der Waals surface area contributed by atoms with E-state index < -0.39 is 0 Å². The summed E-state index contributed by atoms with van der Waals surface area (Å²) in [6.45, 7) is 4.31. The summed E-state index contributed by atoms with van der Waals surface area (Å²) in [5, 5.41) is 10.4. The molecule has 7 aromatic carbocycles. The molecule has 0 fully saturated rings. The molecule has 0 aliphatic carbocycles. The van der Waals surface area contributed by atoms with Crippen molar-refractivity contribution in [1.29, 1.82) is 0 Å². The van der Waals surface area contributed by atoms with Crippen molar-refractivity contribution in [3.8, 4) is 22.3 Å². The van der Waals surface area contributed by atoms with Gasteiger partial charge in [-0.2, -0.15) is 0 Å². The molecule has 0 bridgehead atoms. The molecule has 36 heavy (non-hydrogen) atoms. The molecule has 0 unspecified atom stereocenters. The molecule has 0 nitrogen and oxygen atoms in total. The van der Waals surface area contributed by atoms with E-state index in [1.54, 1.807) is 0 Å².